The maximum absolute atomic E-state index is 5.51. The summed E-state index contributed by atoms with van der Waals surface area (Å²) >= 11 is 0. The monoisotopic (exact) mass is 471 g/mol. The minimum Gasteiger partial charge on any atom is -0.464 e. The van der Waals surface area contributed by atoms with E-state index < -0.39 is 0 Å². The average Bonchev–Trinajstić information content (AvgIpc) is 3.69. The molecule has 4 heterocycles. The fraction of sp³-hybridized carbons (Fsp3) is 0.444. The van der Waals surface area contributed by atoms with Crippen molar-refractivity contribution in [3.63, 3.8) is 0 Å². The molecule has 4 aromatic rings. The lowest BCUT2D eigenvalue weighted by molar-refractivity contribution is 0.389. The van der Waals surface area contributed by atoms with E-state index in [0.717, 1.165) is 47.9 Å². The molecule has 1 aromatic carbocycles. The molecule has 3 aromatic heterocycles. The van der Waals surface area contributed by atoms with E-state index in [2.05, 4.69) is 44.8 Å². The Hall–Kier alpha value is -3.39. The second kappa shape index (κ2) is 10.1. The third kappa shape index (κ3) is 4.89. The maximum Gasteiger partial charge on any atom is 0.226 e. The highest BCUT2D eigenvalue weighted by Crippen LogP contribution is 2.33. The lowest BCUT2D eigenvalue weighted by Gasteiger charge is -2.23. The van der Waals surface area contributed by atoms with Crippen LogP contribution in [0.15, 0.2) is 53.4 Å². The largest absolute Gasteiger partial charge is 0.464 e. The summed E-state index contributed by atoms with van der Waals surface area (Å²) in [6.45, 7) is 3.74. The van der Waals surface area contributed by atoms with Crippen LogP contribution in [0.3, 0.4) is 0 Å². The summed E-state index contributed by atoms with van der Waals surface area (Å²) in [4.78, 5) is 14.5. The van der Waals surface area contributed by atoms with E-state index in [-0.39, 0.29) is 0 Å². The third-order valence-corrected chi connectivity index (χ3v) is 7.37. The van der Waals surface area contributed by atoms with E-state index in [4.69, 9.17) is 19.4 Å². The van der Waals surface area contributed by atoms with Gasteiger partial charge >= 0.3 is 0 Å². The van der Waals surface area contributed by atoms with Crippen molar-refractivity contribution >= 4 is 22.9 Å². The zero-order chi connectivity index (χ0) is 23.5. The molecule has 8 heteroatoms. The zero-order valence-electron chi connectivity index (χ0n) is 20.0. The number of furan rings is 1. The molecule has 1 saturated heterocycles. The molecule has 1 saturated carbocycles. The number of benzene rings is 1. The van der Waals surface area contributed by atoms with Crippen molar-refractivity contribution < 1.29 is 4.42 Å². The average molecular weight is 472 g/mol. The fourth-order valence-electron chi connectivity index (χ4n) is 5.31. The van der Waals surface area contributed by atoms with Gasteiger partial charge in [0.05, 0.1) is 12.6 Å². The molecular weight excluding hydrogens is 438 g/mol. The highest BCUT2D eigenvalue weighted by atomic mass is 16.3. The minimum absolute atomic E-state index is 0.481. The lowest BCUT2D eigenvalue weighted by atomic mass is 9.98. The molecule has 1 aliphatic carbocycles. The summed E-state index contributed by atoms with van der Waals surface area (Å²) < 4.78 is 7.77. The molecule has 0 radical (unpaired) electrons. The molecule has 0 amide bonds. The maximum atomic E-state index is 5.51. The summed E-state index contributed by atoms with van der Waals surface area (Å²) in [6, 6.07) is 12.8. The third-order valence-electron chi connectivity index (χ3n) is 7.37. The summed E-state index contributed by atoms with van der Waals surface area (Å²) in [5.74, 6) is 3.00. The summed E-state index contributed by atoms with van der Waals surface area (Å²) in [5, 5.41) is 10.5. The van der Waals surface area contributed by atoms with Gasteiger partial charge < -0.3 is 24.9 Å². The second-order valence-corrected chi connectivity index (χ2v) is 9.76. The highest BCUT2D eigenvalue weighted by molar-refractivity contribution is 5.84. The molecule has 182 valence electrons. The van der Waals surface area contributed by atoms with Gasteiger partial charge in [-0.3, -0.25) is 0 Å². The Morgan fingerprint density at radius 3 is 2.57 bits per heavy atom. The molecule has 3 N–H and O–H groups in total. The van der Waals surface area contributed by atoms with Crippen LogP contribution >= 0.6 is 0 Å². The quantitative estimate of drug-likeness (QED) is 0.324. The van der Waals surface area contributed by atoms with Crippen LogP contribution in [0.2, 0.25) is 0 Å². The normalized spacial score (nSPS) is 17.3. The fourth-order valence-corrected chi connectivity index (χ4v) is 5.31. The van der Waals surface area contributed by atoms with Gasteiger partial charge in [0.15, 0.2) is 17.0 Å². The molecule has 0 unspecified atom stereocenters. The van der Waals surface area contributed by atoms with Gasteiger partial charge in [-0.15, -0.1) is 0 Å². The Balaban J connectivity index is 1.23. The summed E-state index contributed by atoms with van der Waals surface area (Å²) in [7, 11) is 0. The van der Waals surface area contributed by atoms with Crippen LogP contribution in [0.4, 0.5) is 11.8 Å². The van der Waals surface area contributed by atoms with Crippen LogP contribution in [0.25, 0.3) is 22.5 Å². The number of rotatable bonds is 8. The Morgan fingerprint density at radius 1 is 0.971 bits per heavy atom. The van der Waals surface area contributed by atoms with E-state index >= 15 is 0 Å². The molecule has 8 nitrogen and oxygen atoms in total. The van der Waals surface area contributed by atoms with Crippen molar-refractivity contribution in [2.24, 2.45) is 5.92 Å². The van der Waals surface area contributed by atoms with Crippen molar-refractivity contribution in [3.8, 4) is 11.3 Å². The number of nitrogens with zero attached hydrogens (tertiary/aromatic N) is 4. The molecule has 2 fully saturated rings. The molecule has 6 rings (SSSR count). The lowest BCUT2D eigenvalue weighted by Crippen LogP contribution is -2.31. The van der Waals surface area contributed by atoms with Crippen LogP contribution in [0.5, 0.6) is 0 Å². The summed E-state index contributed by atoms with van der Waals surface area (Å²) in [5.41, 5.74) is 4.02. The first-order chi connectivity index (χ1) is 17.3. The number of hydrogen-bond donors (Lipinski definition) is 3. The first-order valence-electron chi connectivity index (χ1n) is 12.9. The van der Waals surface area contributed by atoms with Crippen LogP contribution in [-0.2, 0) is 6.54 Å². The molecule has 0 bridgehead atoms. The Morgan fingerprint density at radius 2 is 1.80 bits per heavy atom. The minimum atomic E-state index is 0.481. The number of aromatic nitrogens is 4. The van der Waals surface area contributed by atoms with Gasteiger partial charge in [0, 0.05) is 24.7 Å². The van der Waals surface area contributed by atoms with Gasteiger partial charge in [0.25, 0.3) is 0 Å². The Kier molecular flexibility index (Phi) is 6.36. The van der Waals surface area contributed by atoms with Crippen LogP contribution in [-0.4, -0.2) is 39.2 Å². The summed E-state index contributed by atoms with van der Waals surface area (Å²) in [6.07, 6.45) is 11.0. The molecule has 1 aliphatic heterocycles. The van der Waals surface area contributed by atoms with Crippen LogP contribution in [0.1, 0.15) is 50.1 Å². The van der Waals surface area contributed by atoms with Gasteiger partial charge in [0.2, 0.25) is 5.95 Å². The predicted molar refractivity (Wildman–Crippen MR) is 138 cm³/mol. The standard InChI is InChI=1S/C27H33N7O/c1-2-5-22(4-1)34-18-31-24-25(29-16-19-7-9-21(10-8-19)23-6-3-15-35-23)32-27(33-26(24)34)30-17-20-11-13-28-14-12-20/h3,6-10,15,18,20,22,28H,1-2,4-5,11-14,16-17H2,(H2,29,30,32,33). The number of imidazole rings is 1. The van der Waals surface area contributed by atoms with E-state index in [1.165, 1.54) is 44.1 Å². The van der Waals surface area contributed by atoms with Crippen molar-refractivity contribution in [1.29, 1.82) is 0 Å². The van der Waals surface area contributed by atoms with Crippen molar-refractivity contribution in [2.45, 2.75) is 51.1 Å². The SMILES string of the molecule is c1coc(-c2ccc(CNc3nc(NCC4CCNCC4)nc4c3ncn4C3CCCC3)cc2)c1. The van der Waals surface area contributed by atoms with E-state index in [9.17, 15) is 0 Å². The molecular formula is C27H33N7O. The zero-order valence-corrected chi connectivity index (χ0v) is 20.0. The highest BCUT2D eigenvalue weighted by Gasteiger charge is 2.22. The van der Waals surface area contributed by atoms with Gasteiger partial charge in [-0.25, -0.2) is 4.98 Å². The topological polar surface area (TPSA) is 92.8 Å². The Bertz CT molecular complexity index is 1240. The van der Waals surface area contributed by atoms with E-state index in [1.54, 1.807) is 6.26 Å². The number of nitrogens with one attached hydrogen (secondary N) is 3. The van der Waals surface area contributed by atoms with E-state index in [0.29, 0.717) is 24.5 Å². The van der Waals surface area contributed by atoms with Crippen LogP contribution in [0, 0.1) is 5.92 Å². The molecule has 35 heavy (non-hydrogen) atoms. The van der Waals surface area contributed by atoms with Gasteiger partial charge in [-0.05, 0) is 62.4 Å². The van der Waals surface area contributed by atoms with Crippen molar-refractivity contribution in [1.82, 2.24) is 24.8 Å². The van der Waals surface area contributed by atoms with E-state index in [1.807, 2.05) is 18.5 Å². The molecule has 0 spiro atoms. The Labute approximate surface area is 205 Å². The van der Waals surface area contributed by atoms with Gasteiger partial charge in [-0.2, -0.15) is 9.97 Å². The first kappa shape index (κ1) is 22.1. The molecule has 0 atom stereocenters. The molecule has 2 aliphatic rings. The van der Waals surface area contributed by atoms with Crippen molar-refractivity contribution in [3.05, 3.63) is 54.6 Å². The van der Waals surface area contributed by atoms with Crippen LogP contribution < -0.4 is 16.0 Å². The number of hydrogen-bond acceptors (Lipinski definition) is 7. The number of anilines is 2. The van der Waals surface area contributed by atoms with Gasteiger partial charge in [-0.1, -0.05) is 37.1 Å². The van der Waals surface area contributed by atoms with Gasteiger partial charge in [0.1, 0.15) is 5.76 Å². The van der Waals surface area contributed by atoms with Crippen molar-refractivity contribution in [2.75, 3.05) is 30.3 Å². The first-order valence-corrected chi connectivity index (χ1v) is 12.9. The second-order valence-electron chi connectivity index (χ2n) is 9.76. The smallest absolute Gasteiger partial charge is 0.226 e. The number of piperidine rings is 1. The number of fused-ring (bicyclic) bond motifs is 1. The predicted octanol–water partition coefficient (Wildman–Crippen LogP) is 5.23.